The van der Waals surface area contributed by atoms with Crippen LogP contribution in [0.3, 0.4) is 0 Å². The minimum atomic E-state index is -0.724. The molecular weight excluding hydrogens is 311 g/mol. The second kappa shape index (κ2) is 6.23. The smallest absolute Gasteiger partial charge is 0.264 e. The lowest BCUT2D eigenvalue weighted by atomic mass is 10.1. The van der Waals surface area contributed by atoms with Crippen LogP contribution in [0.2, 0.25) is 0 Å². The third-order valence-electron chi connectivity index (χ3n) is 3.81. The molecule has 6 heteroatoms. The van der Waals surface area contributed by atoms with Gasteiger partial charge in [-0.15, -0.1) is 0 Å². The lowest BCUT2D eigenvalue weighted by molar-refractivity contribution is -0.116. The molecule has 1 aliphatic rings. The molecule has 24 heavy (non-hydrogen) atoms. The average molecular weight is 326 g/mol. The maximum Gasteiger partial charge on any atom is 0.264 e. The van der Waals surface area contributed by atoms with Gasteiger partial charge in [0.05, 0.1) is 11.1 Å². The first-order valence-corrected chi connectivity index (χ1v) is 7.48. The molecule has 0 aromatic heterocycles. The summed E-state index contributed by atoms with van der Waals surface area (Å²) in [7, 11) is 0. The van der Waals surface area contributed by atoms with Crippen molar-refractivity contribution in [3.8, 4) is 0 Å². The van der Waals surface area contributed by atoms with E-state index in [0.717, 1.165) is 16.5 Å². The Balaban J connectivity index is 1.65. The second-order valence-corrected chi connectivity index (χ2v) is 5.59. The Bertz CT molecular complexity index is 848. The van der Waals surface area contributed by atoms with Gasteiger partial charge in [-0.25, -0.2) is 4.39 Å². The summed E-state index contributed by atoms with van der Waals surface area (Å²) in [5.74, 6) is -2.32. The van der Waals surface area contributed by atoms with E-state index in [1.54, 1.807) is 6.07 Å². The van der Waals surface area contributed by atoms with Gasteiger partial charge in [0, 0.05) is 18.7 Å². The van der Waals surface area contributed by atoms with Gasteiger partial charge in [-0.1, -0.05) is 18.2 Å². The number of nitrogens with zero attached hydrogens (tertiary/aromatic N) is 1. The summed E-state index contributed by atoms with van der Waals surface area (Å²) in [6.07, 6.45) is -0.0545. The van der Waals surface area contributed by atoms with Crippen molar-refractivity contribution in [2.75, 3.05) is 11.9 Å². The summed E-state index contributed by atoms with van der Waals surface area (Å²) in [5.41, 5.74) is 1.47. The largest absolute Gasteiger partial charge is 0.326 e. The first kappa shape index (κ1) is 15.9. The zero-order valence-corrected chi connectivity index (χ0v) is 13.0. The maximum atomic E-state index is 13.7. The number of nitrogens with one attached hydrogen (secondary N) is 1. The number of imide groups is 1. The Morgan fingerprint density at radius 3 is 2.58 bits per heavy atom. The van der Waals surface area contributed by atoms with E-state index in [-0.39, 0.29) is 30.0 Å². The molecule has 0 aliphatic carbocycles. The summed E-state index contributed by atoms with van der Waals surface area (Å²) in [6.45, 7) is 1.81. The minimum Gasteiger partial charge on any atom is -0.326 e. The fraction of sp³-hybridized carbons (Fsp3) is 0.167. The van der Waals surface area contributed by atoms with Crippen molar-refractivity contribution in [1.29, 1.82) is 0 Å². The van der Waals surface area contributed by atoms with Gasteiger partial charge in [0.15, 0.2) is 0 Å². The number of hydrogen-bond donors (Lipinski definition) is 1. The van der Waals surface area contributed by atoms with Crippen LogP contribution in [0, 0.1) is 12.7 Å². The van der Waals surface area contributed by atoms with Crippen molar-refractivity contribution in [3.05, 3.63) is 65.0 Å². The van der Waals surface area contributed by atoms with Crippen LogP contribution >= 0.6 is 0 Å². The van der Waals surface area contributed by atoms with Crippen molar-refractivity contribution in [2.45, 2.75) is 13.3 Å². The highest BCUT2D eigenvalue weighted by atomic mass is 19.1. The zero-order valence-electron chi connectivity index (χ0n) is 13.0. The van der Waals surface area contributed by atoms with Crippen LogP contribution in [-0.4, -0.2) is 29.2 Å². The summed E-state index contributed by atoms with van der Waals surface area (Å²) in [5, 5.41) is 2.71. The van der Waals surface area contributed by atoms with Crippen LogP contribution in [0.1, 0.15) is 32.7 Å². The van der Waals surface area contributed by atoms with E-state index < -0.39 is 17.6 Å². The highest BCUT2D eigenvalue weighted by Gasteiger charge is 2.37. The van der Waals surface area contributed by atoms with Gasteiger partial charge < -0.3 is 5.32 Å². The number of aryl methyl sites for hydroxylation is 1. The van der Waals surface area contributed by atoms with E-state index in [0.29, 0.717) is 5.69 Å². The lowest BCUT2D eigenvalue weighted by Crippen LogP contribution is -2.33. The molecule has 0 bridgehead atoms. The molecule has 0 radical (unpaired) electrons. The van der Waals surface area contributed by atoms with Crippen molar-refractivity contribution >= 4 is 23.4 Å². The Morgan fingerprint density at radius 2 is 1.88 bits per heavy atom. The Kier molecular flexibility index (Phi) is 4.12. The molecule has 0 atom stereocenters. The Morgan fingerprint density at radius 1 is 1.12 bits per heavy atom. The first-order chi connectivity index (χ1) is 11.5. The van der Waals surface area contributed by atoms with E-state index in [1.807, 2.05) is 25.1 Å². The van der Waals surface area contributed by atoms with Crippen LogP contribution in [0.15, 0.2) is 42.5 Å². The van der Waals surface area contributed by atoms with Crippen LogP contribution in [0.25, 0.3) is 0 Å². The van der Waals surface area contributed by atoms with Crippen molar-refractivity contribution < 1.29 is 18.8 Å². The minimum absolute atomic E-state index is 0.0408. The summed E-state index contributed by atoms with van der Waals surface area (Å²) < 4.78 is 13.7. The van der Waals surface area contributed by atoms with Crippen molar-refractivity contribution in [1.82, 2.24) is 4.90 Å². The fourth-order valence-electron chi connectivity index (χ4n) is 2.66. The van der Waals surface area contributed by atoms with E-state index in [4.69, 9.17) is 0 Å². The molecule has 0 unspecified atom stereocenters. The van der Waals surface area contributed by atoms with Crippen molar-refractivity contribution in [2.24, 2.45) is 0 Å². The Labute approximate surface area is 138 Å². The van der Waals surface area contributed by atoms with Gasteiger partial charge >= 0.3 is 0 Å². The zero-order chi connectivity index (χ0) is 17.3. The van der Waals surface area contributed by atoms with Crippen LogP contribution < -0.4 is 5.32 Å². The summed E-state index contributed by atoms with van der Waals surface area (Å²) in [4.78, 5) is 37.3. The van der Waals surface area contributed by atoms with E-state index in [9.17, 15) is 18.8 Å². The van der Waals surface area contributed by atoms with Crippen molar-refractivity contribution in [3.63, 3.8) is 0 Å². The fourth-order valence-corrected chi connectivity index (χ4v) is 2.66. The summed E-state index contributed by atoms with van der Waals surface area (Å²) >= 11 is 0. The summed E-state index contributed by atoms with van der Waals surface area (Å²) in [6, 6.07) is 11.2. The SMILES string of the molecule is Cc1cccc(NC(=O)CCN2C(=O)c3cccc(F)c3C2=O)c1. The molecule has 0 fully saturated rings. The van der Waals surface area contributed by atoms with Crippen LogP contribution in [0.5, 0.6) is 0 Å². The monoisotopic (exact) mass is 326 g/mol. The van der Waals surface area contributed by atoms with E-state index >= 15 is 0 Å². The second-order valence-electron chi connectivity index (χ2n) is 5.59. The maximum absolute atomic E-state index is 13.7. The molecule has 5 nitrogen and oxygen atoms in total. The molecule has 1 aliphatic heterocycles. The Hall–Kier alpha value is -3.02. The molecule has 0 spiro atoms. The van der Waals surface area contributed by atoms with Crippen LogP contribution in [0.4, 0.5) is 10.1 Å². The predicted octanol–water partition coefficient (Wildman–Crippen LogP) is 2.76. The number of anilines is 1. The van der Waals surface area contributed by atoms with Gasteiger partial charge in [-0.3, -0.25) is 19.3 Å². The molecule has 122 valence electrons. The standard InChI is InChI=1S/C18H15FN2O3/c1-11-4-2-5-12(10-11)20-15(22)8-9-21-17(23)13-6-3-7-14(19)16(13)18(21)24/h2-7,10H,8-9H2,1H3,(H,20,22). The number of hydrogen-bond acceptors (Lipinski definition) is 3. The number of rotatable bonds is 4. The quantitative estimate of drug-likeness (QED) is 0.879. The van der Waals surface area contributed by atoms with Gasteiger partial charge in [-0.2, -0.15) is 0 Å². The van der Waals surface area contributed by atoms with Gasteiger partial charge in [0.1, 0.15) is 5.82 Å². The number of carbonyl (C=O) groups is 3. The number of carbonyl (C=O) groups excluding carboxylic acids is 3. The molecule has 1 heterocycles. The van der Waals surface area contributed by atoms with Gasteiger partial charge in [0.2, 0.25) is 5.91 Å². The average Bonchev–Trinajstić information content (AvgIpc) is 2.78. The lowest BCUT2D eigenvalue weighted by Gasteiger charge is -2.13. The molecule has 3 rings (SSSR count). The highest BCUT2D eigenvalue weighted by Crippen LogP contribution is 2.25. The van der Waals surface area contributed by atoms with Gasteiger partial charge in [0.25, 0.3) is 11.8 Å². The number of amides is 3. The molecule has 0 saturated carbocycles. The third-order valence-corrected chi connectivity index (χ3v) is 3.81. The molecule has 2 aromatic carbocycles. The molecule has 2 aromatic rings. The van der Waals surface area contributed by atoms with E-state index in [2.05, 4.69) is 5.32 Å². The molecule has 3 amide bonds. The van der Waals surface area contributed by atoms with E-state index in [1.165, 1.54) is 12.1 Å². The topological polar surface area (TPSA) is 66.5 Å². The molecule has 0 saturated heterocycles. The van der Waals surface area contributed by atoms with Gasteiger partial charge in [-0.05, 0) is 36.8 Å². The predicted molar refractivity (Wildman–Crippen MR) is 86.2 cm³/mol. The first-order valence-electron chi connectivity index (χ1n) is 7.48. The third kappa shape index (κ3) is 2.90. The molecular formula is C18H15FN2O3. The number of fused-ring (bicyclic) bond motifs is 1. The number of halogens is 1. The van der Waals surface area contributed by atoms with Crippen LogP contribution in [-0.2, 0) is 4.79 Å². The normalized spacial score (nSPS) is 13.2. The number of benzene rings is 2. The highest BCUT2D eigenvalue weighted by molar-refractivity contribution is 6.21. The molecule has 1 N–H and O–H groups in total.